The number of furan rings is 2. The van der Waals surface area contributed by atoms with Crippen molar-refractivity contribution in [3.8, 4) is 11.1 Å². The summed E-state index contributed by atoms with van der Waals surface area (Å²) >= 11 is 0. The molecule has 4 heterocycles. The second-order valence-corrected chi connectivity index (χ2v) is 9.63. The molecule has 0 spiro atoms. The van der Waals surface area contributed by atoms with Crippen LogP contribution in [0.1, 0.15) is 17.3 Å². The number of hydrogen-bond acceptors (Lipinski definition) is 4. The van der Waals surface area contributed by atoms with Crippen molar-refractivity contribution in [2.24, 2.45) is 0 Å². The number of allylic oxidation sites excluding steroid dienone is 2. The molecule has 4 heteroatoms. The fourth-order valence-corrected chi connectivity index (χ4v) is 5.56. The maximum absolute atomic E-state index is 6.45. The molecule has 1 N–H and O–H groups in total. The predicted octanol–water partition coefficient (Wildman–Crippen LogP) is 8.79. The van der Waals surface area contributed by atoms with Gasteiger partial charge in [-0.2, -0.15) is 0 Å². The topological polar surface area (TPSA) is 51.2 Å². The number of aromatic nitrogens is 1. The molecule has 0 aliphatic carbocycles. The van der Waals surface area contributed by atoms with Crippen molar-refractivity contribution in [2.45, 2.75) is 6.04 Å². The number of rotatable bonds is 3. The van der Waals surface area contributed by atoms with Gasteiger partial charge >= 0.3 is 0 Å². The van der Waals surface area contributed by atoms with E-state index in [2.05, 4.69) is 83.1 Å². The Morgan fingerprint density at radius 3 is 1.97 bits per heavy atom. The summed E-state index contributed by atoms with van der Waals surface area (Å²) in [5.41, 5.74) is 8.61. The zero-order chi connectivity index (χ0) is 25.1. The van der Waals surface area contributed by atoms with Crippen molar-refractivity contribution in [3.05, 3.63) is 133 Å². The molecule has 0 fully saturated rings. The van der Waals surface area contributed by atoms with Gasteiger partial charge in [0.15, 0.2) is 0 Å². The Labute approximate surface area is 218 Å². The van der Waals surface area contributed by atoms with Gasteiger partial charge in [0, 0.05) is 27.7 Å². The first-order chi connectivity index (χ1) is 18.8. The van der Waals surface area contributed by atoms with Crippen molar-refractivity contribution in [2.75, 3.05) is 0 Å². The minimum atomic E-state index is 0.0549. The molecule has 1 aliphatic heterocycles. The van der Waals surface area contributed by atoms with Crippen LogP contribution < -0.4 is 5.32 Å². The zero-order valence-corrected chi connectivity index (χ0v) is 20.4. The Hall–Kier alpha value is -5.09. The lowest BCUT2D eigenvalue weighted by Gasteiger charge is -2.22. The molecule has 180 valence electrons. The van der Waals surface area contributed by atoms with Crippen molar-refractivity contribution in [1.82, 2.24) is 10.3 Å². The summed E-state index contributed by atoms with van der Waals surface area (Å²) in [6.07, 6.45) is 8.14. The van der Waals surface area contributed by atoms with Crippen molar-refractivity contribution >= 4 is 49.6 Å². The van der Waals surface area contributed by atoms with Crippen LogP contribution >= 0.6 is 0 Å². The molecule has 38 heavy (non-hydrogen) atoms. The lowest BCUT2D eigenvalue weighted by molar-refractivity contribution is 0.658. The molecule has 1 unspecified atom stereocenters. The van der Waals surface area contributed by atoms with Crippen LogP contribution in [0.25, 0.3) is 60.7 Å². The van der Waals surface area contributed by atoms with E-state index in [1.807, 2.05) is 48.7 Å². The second kappa shape index (κ2) is 8.22. The van der Waals surface area contributed by atoms with Crippen LogP contribution in [0.5, 0.6) is 0 Å². The highest BCUT2D eigenvalue weighted by atomic mass is 16.3. The molecule has 7 aromatic rings. The van der Waals surface area contributed by atoms with Gasteiger partial charge in [0.2, 0.25) is 0 Å². The normalized spacial score (nSPS) is 15.4. The number of pyridine rings is 1. The maximum atomic E-state index is 6.45. The first kappa shape index (κ1) is 21.0. The minimum absolute atomic E-state index is 0.0549. The van der Waals surface area contributed by atoms with Crippen LogP contribution in [0.3, 0.4) is 0 Å². The highest BCUT2D eigenvalue weighted by Crippen LogP contribution is 2.44. The van der Waals surface area contributed by atoms with Gasteiger partial charge in [-0.25, -0.2) is 0 Å². The number of benzene rings is 4. The monoisotopic (exact) mass is 490 g/mol. The molecule has 1 aliphatic rings. The first-order valence-corrected chi connectivity index (χ1v) is 12.8. The lowest BCUT2D eigenvalue weighted by atomic mass is 9.96. The molecule has 0 amide bonds. The fraction of sp³-hybridized carbons (Fsp3) is 0.0294. The van der Waals surface area contributed by atoms with Gasteiger partial charge in [0.05, 0.1) is 23.0 Å². The van der Waals surface area contributed by atoms with Crippen LogP contribution in [-0.4, -0.2) is 4.98 Å². The third-order valence-electron chi connectivity index (χ3n) is 7.39. The number of fused-ring (bicyclic) bond motifs is 6. The highest BCUT2D eigenvalue weighted by Gasteiger charge is 2.21. The van der Waals surface area contributed by atoms with E-state index in [0.717, 1.165) is 66.4 Å². The number of nitrogens with zero attached hydrogens (tertiary/aromatic N) is 1. The minimum Gasteiger partial charge on any atom is -0.455 e. The smallest absolute Gasteiger partial charge is 0.147 e. The summed E-state index contributed by atoms with van der Waals surface area (Å²) in [7, 11) is 0. The van der Waals surface area contributed by atoms with E-state index in [1.54, 1.807) is 0 Å². The summed E-state index contributed by atoms with van der Waals surface area (Å²) in [4.78, 5) is 4.49. The van der Waals surface area contributed by atoms with E-state index < -0.39 is 0 Å². The molecule has 3 aromatic heterocycles. The number of para-hydroxylation sites is 2. The van der Waals surface area contributed by atoms with Crippen LogP contribution in [0.15, 0.2) is 130 Å². The van der Waals surface area contributed by atoms with Gasteiger partial charge in [0.25, 0.3) is 0 Å². The van der Waals surface area contributed by atoms with Crippen LogP contribution in [0.4, 0.5) is 0 Å². The Bertz CT molecular complexity index is 1960. The van der Waals surface area contributed by atoms with Gasteiger partial charge in [-0.15, -0.1) is 0 Å². The number of dihydropyridines is 1. The van der Waals surface area contributed by atoms with Gasteiger partial charge in [-0.05, 0) is 47.5 Å². The van der Waals surface area contributed by atoms with E-state index >= 15 is 0 Å². The molecule has 0 radical (unpaired) electrons. The Balaban J connectivity index is 1.27. The Kier molecular flexibility index (Phi) is 4.55. The summed E-state index contributed by atoms with van der Waals surface area (Å²) < 4.78 is 12.9. The van der Waals surface area contributed by atoms with E-state index in [9.17, 15) is 0 Å². The summed E-state index contributed by atoms with van der Waals surface area (Å²) in [6.45, 7) is 0. The Morgan fingerprint density at radius 1 is 0.658 bits per heavy atom. The van der Waals surface area contributed by atoms with Crippen LogP contribution in [0, 0.1) is 0 Å². The SMILES string of the molecule is C1=CC(c2ccc(-c3c4oc5ccccc5c4cc4c3oc3ccccc34)cc2)NC(c2ccccn2)=C1. The van der Waals surface area contributed by atoms with Gasteiger partial charge < -0.3 is 14.2 Å². The third-order valence-corrected chi connectivity index (χ3v) is 7.39. The summed E-state index contributed by atoms with van der Waals surface area (Å²) in [6, 6.07) is 33.3. The largest absolute Gasteiger partial charge is 0.455 e. The fourth-order valence-electron chi connectivity index (χ4n) is 5.56. The molecule has 8 rings (SSSR count). The molecule has 4 aromatic carbocycles. The van der Waals surface area contributed by atoms with E-state index in [1.165, 1.54) is 5.56 Å². The molecular formula is C34H22N2O2. The quantitative estimate of drug-likeness (QED) is 0.269. The van der Waals surface area contributed by atoms with E-state index in [4.69, 9.17) is 8.83 Å². The predicted molar refractivity (Wildman–Crippen MR) is 154 cm³/mol. The van der Waals surface area contributed by atoms with Crippen molar-refractivity contribution in [3.63, 3.8) is 0 Å². The van der Waals surface area contributed by atoms with Crippen LogP contribution in [0.2, 0.25) is 0 Å². The molecule has 4 nitrogen and oxygen atoms in total. The maximum Gasteiger partial charge on any atom is 0.147 e. The van der Waals surface area contributed by atoms with E-state index in [0.29, 0.717) is 0 Å². The third kappa shape index (κ3) is 3.20. The number of nitrogens with one attached hydrogen (secondary N) is 1. The van der Waals surface area contributed by atoms with Crippen molar-refractivity contribution < 1.29 is 8.83 Å². The van der Waals surface area contributed by atoms with Crippen LogP contribution in [-0.2, 0) is 0 Å². The zero-order valence-electron chi connectivity index (χ0n) is 20.4. The molecule has 1 atom stereocenters. The van der Waals surface area contributed by atoms with Gasteiger partial charge in [-0.3, -0.25) is 4.98 Å². The molecular weight excluding hydrogens is 468 g/mol. The lowest BCUT2D eigenvalue weighted by Crippen LogP contribution is -2.20. The van der Waals surface area contributed by atoms with Crippen molar-refractivity contribution in [1.29, 1.82) is 0 Å². The standard InChI is InChI=1S/C34H22N2O2/c1-3-13-30-23(8-1)25-20-26-24-9-2-4-14-31(24)38-34(26)32(33(25)37-30)22-17-15-21(16-18-22)27-11-7-12-29(36-27)28-10-5-6-19-35-28/h1-20,27,36H. The average Bonchev–Trinajstić information content (AvgIpc) is 3.55. The van der Waals surface area contributed by atoms with E-state index in [-0.39, 0.29) is 6.04 Å². The summed E-state index contributed by atoms with van der Waals surface area (Å²) in [5.74, 6) is 0. The summed E-state index contributed by atoms with van der Waals surface area (Å²) in [5, 5.41) is 8.03. The van der Waals surface area contributed by atoms with Gasteiger partial charge in [-0.1, -0.05) is 78.9 Å². The molecule has 0 saturated carbocycles. The Morgan fingerprint density at radius 2 is 1.32 bits per heavy atom. The second-order valence-electron chi connectivity index (χ2n) is 9.63. The first-order valence-electron chi connectivity index (χ1n) is 12.8. The molecule has 0 saturated heterocycles. The average molecular weight is 491 g/mol. The van der Waals surface area contributed by atoms with Gasteiger partial charge in [0.1, 0.15) is 22.3 Å². The molecule has 0 bridgehead atoms. The number of hydrogen-bond donors (Lipinski definition) is 1. The highest BCUT2D eigenvalue weighted by molar-refractivity contribution is 6.21.